The van der Waals surface area contributed by atoms with Crippen LogP contribution in [0.25, 0.3) is 0 Å². The van der Waals surface area contributed by atoms with Crippen molar-refractivity contribution in [2.75, 3.05) is 0 Å². The minimum atomic E-state index is -0.402. The molecule has 1 heterocycles. The second-order valence-corrected chi connectivity index (χ2v) is 4.26. The number of carbonyl (C=O) groups excluding carboxylic acids is 1. The third kappa shape index (κ3) is 2.67. The Balaban J connectivity index is 2.07. The fraction of sp³-hybridized carbons (Fsp3) is 0.231. The van der Waals surface area contributed by atoms with Crippen LogP contribution in [0.2, 0.25) is 0 Å². The minimum absolute atomic E-state index is 0.0860. The Morgan fingerprint density at radius 3 is 2.74 bits per heavy atom. The van der Waals surface area contributed by atoms with Crippen molar-refractivity contribution < 1.29 is 15.0 Å². The first kappa shape index (κ1) is 12.9. The number of aromatic hydroxyl groups is 2. The second-order valence-electron chi connectivity index (χ2n) is 4.26. The molecule has 0 aliphatic carbocycles. The summed E-state index contributed by atoms with van der Waals surface area (Å²) in [6.07, 6.45) is 1.69. The van der Waals surface area contributed by atoms with Crippen LogP contribution in [-0.4, -0.2) is 25.9 Å². The maximum absolute atomic E-state index is 11.9. The highest BCUT2D eigenvalue weighted by Crippen LogP contribution is 2.22. The fourth-order valence-electron chi connectivity index (χ4n) is 1.70. The lowest BCUT2D eigenvalue weighted by atomic mass is 10.1. The van der Waals surface area contributed by atoms with Crippen LogP contribution in [0.3, 0.4) is 0 Å². The van der Waals surface area contributed by atoms with E-state index in [9.17, 15) is 9.90 Å². The highest BCUT2D eigenvalue weighted by Gasteiger charge is 2.12. The Hall–Kier alpha value is -2.50. The molecule has 0 atom stereocenters. The molecule has 0 aliphatic heterocycles. The topological polar surface area (TPSA) is 87.4 Å². The van der Waals surface area contributed by atoms with E-state index in [4.69, 9.17) is 5.11 Å². The molecule has 0 unspecified atom stereocenters. The maximum Gasteiger partial charge on any atom is 0.255 e. The van der Waals surface area contributed by atoms with Crippen molar-refractivity contribution in [2.45, 2.75) is 13.5 Å². The maximum atomic E-state index is 11.9. The quantitative estimate of drug-likeness (QED) is 0.771. The number of hydrogen-bond acceptors (Lipinski definition) is 4. The molecule has 0 radical (unpaired) electrons. The zero-order valence-electron chi connectivity index (χ0n) is 10.7. The van der Waals surface area contributed by atoms with Crippen LogP contribution >= 0.6 is 0 Å². The number of aryl methyl sites for hydroxylation is 1. The molecule has 3 N–H and O–H groups in total. The largest absolute Gasteiger partial charge is 0.508 e. The molecular weight excluding hydrogens is 246 g/mol. The lowest BCUT2D eigenvalue weighted by molar-refractivity contribution is 0.0948. The number of nitrogens with zero attached hydrogens (tertiary/aromatic N) is 2. The average molecular weight is 261 g/mol. The van der Waals surface area contributed by atoms with Crippen LogP contribution in [0.15, 0.2) is 24.4 Å². The van der Waals surface area contributed by atoms with Gasteiger partial charge in [0.15, 0.2) is 0 Å². The molecule has 0 fully saturated rings. The normalized spacial score (nSPS) is 10.4. The van der Waals surface area contributed by atoms with E-state index < -0.39 is 5.91 Å². The summed E-state index contributed by atoms with van der Waals surface area (Å²) in [5.74, 6) is -0.738. The number of aromatic nitrogens is 2. The van der Waals surface area contributed by atoms with E-state index in [1.807, 2.05) is 14.0 Å². The lowest BCUT2D eigenvalue weighted by Crippen LogP contribution is -2.23. The molecule has 100 valence electrons. The van der Waals surface area contributed by atoms with Gasteiger partial charge in [-0.25, -0.2) is 0 Å². The molecule has 2 rings (SSSR count). The molecule has 1 aromatic carbocycles. The zero-order valence-corrected chi connectivity index (χ0v) is 10.7. The van der Waals surface area contributed by atoms with Gasteiger partial charge in [0.2, 0.25) is 0 Å². The van der Waals surface area contributed by atoms with Crippen LogP contribution in [0.1, 0.15) is 21.6 Å². The average Bonchev–Trinajstić information content (AvgIpc) is 2.67. The van der Waals surface area contributed by atoms with Crippen molar-refractivity contribution in [3.05, 3.63) is 41.2 Å². The van der Waals surface area contributed by atoms with Crippen molar-refractivity contribution in [2.24, 2.45) is 7.05 Å². The SMILES string of the molecule is Cc1c(CNC(=O)c2ccc(O)cc2O)cnn1C. The van der Waals surface area contributed by atoms with Crippen LogP contribution in [-0.2, 0) is 13.6 Å². The minimum Gasteiger partial charge on any atom is -0.508 e. The summed E-state index contributed by atoms with van der Waals surface area (Å²) >= 11 is 0. The third-order valence-electron chi connectivity index (χ3n) is 3.00. The van der Waals surface area contributed by atoms with E-state index in [0.717, 1.165) is 17.3 Å². The summed E-state index contributed by atoms with van der Waals surface area (Å²) in [6.45, 7) is 2.24. The molecule has 0 aliphatic rings. The molecule has 19 heavy (non-hydrogen) atoms. The highest BCUT2D eigenvalue weighted by molar-refractivity contribution is 5.96. The monoisotopic (exact) mass is 261 g/mol. The number of rotatable bonds is 3. The van der Waals surface area contributed by atoms with Gasteiger partial charge < -0.3 is 15.5 Å². The van der Waals surface area contributed by atoms with E-state index >= 15 is 0 Å². The number of phenols is 2. The summed E-state index contributed by atoms with van der Waals surface area (Å²) in [7, 11) is 1.83. The van der Waals surface area contributed by atoms with Crippen LogP contribution in [0.4, 0.5) is 0 Å². The van der Waals surface area contributed by atoms with E-state index in [0.29, 0.717) is 6.54 Å². The number of benzene rings is 1. The molecule has 2 aromatic rings. The molecule has 0 spiro atoms. The Bertz CT molecular complexity index is 620. The van der Waals surface area contributed by atoms with Crippen molar-refractivity contribution in [1.29, 1.82) is 0 Å². The summed E-state index contributed by atoms with van der Waals surface area (Å²) in [5, 5.41) is 25.5. The van der Waals surface area contributed by atoms with Gasteiger partial charge in [-0.3, -0.25) is 9.48 Å². The van der Waals surface area contributed by atoms with Crippen molar-refractivity contribution >= 4 is 5.91 Å². The van der Waals surface area contributed by atoms with Gasteiger partial charge in [0.1, 0.15) is 11.5 Å². The predicted octanol–water partition coefficient (Wildman–Crippen LogP) is 1.07. The van der Waals surface area contributed by atoms with Gasteiger partial charge in [-0.2, -0.15) is 5.10 Å². The number of amides is 1. The Morgan fingerprint density at radius 1 is 1.42 bits per heavy atom. The van der Waals surface area contributed by atoms with Gasteiger partial charge in [-0.1, -0.05) is 0 Å². The number of nitrogens with one attached hydrogen (secondary N) is 1. The molecule has 6 heteroatoms. The first-order valence-corrected chi connectivity index (χ1v) is 5.76. The smallest absolute Gasteiger partial charge is 0.255 e. The summed E-state index contributed by atoms with van der Waals surface area (Å²) in [6, 6.07) is 3.85. The molecule has 0 saturated carbocycles. The lowest BCUT2D eigenvalue weighted by Gasteiger charge is -2.07. The Kier molecular flexibility index (Phi) is 3.41. The first-order chi connectivity index (χ1) is 8.99. The standard InChI is InChI=1S/C13H15N3O3/c1-8-9(7-15-16(8)2)6-14-13(19)11-4-3-10(17)5-12(11)18/h3-5,7,17-18H,6H2,1-2H3,(H,14,19). The number of hydrogen-bond donors (Lipinski definition) is 3. The van der Waals surface area contributed by atoms with Gasteiger partial charge in [-0.15, -0.1) is 0 Å². The Labute approximate surface area is 110 Å². The van der Waals surface area contributed by atoms with E-state index in [1.165, 1.54) is 12.1 Å². The van der Waals surface area contributed by atoms with E-state index in [1.54, 1.807) is 10.9 Å². The second kappa shape index (κ2) is 5.01. The van der Waals surface area contributed by atoms with Gasteiger partial charge in [0, 0.05) is 30.9 Å². The van der Waals surface area contributed by atoms with Crippen molar-refractivity contribution in [1.82, 2.24) is 15.1 Å². The van der Waals surface area contributed by atoms with E-state index in [-0.39, 0.29) is 17.1 Å². The Morgan fingerprint density at radius 2 is 2.16 bits per heavy atom. The van der Waals surface area contributed by atoms with E-state index in [2.05, 4.69) is 10.4 Å². The summed E-state index contributed by atoms with van der Waals surface area (Å²) in [5.41, 5.74) is 2.00. The molecule has 1 aromatic heterocycles. The van der Waals surface area contributed by atoms with Crippen LogP contribution < -0.4 is 5.32 Å². The molecule has 0 bridgehead atoms. The number of phenolic OH excluding ortho intramolecular Hbond substituents is 2. The third-order valence-corrected chi connectivity index (χ3v) is 3.00. The van der Waals surface area contributed by atoms with Crippen LogP contribution in [0, 0.1) is 6.92 Å². The van der Waals surface area contributed by atoms with Gasteiger partial charge in [0.25, 0.3) is 5.91 Å². The van der Waals surface area contributed by atoms with Crippen molar-refractivity contribution in [3.63, 3.8) is 0 Å². The highest BCUT2D eigenvalue weighted by atomic mass is 16.3. The van der Waals surface area contributed by atoms with Crippen molar-refractivity contribution in [3.8, 4) is 11.5 Å². The van der Waals surface area contributed by atoms with Gasteiger partial charge >= 0.3 is 0 Å². The molecule has 6 nitrogen and oxygen atoms in total. The predicted molar refractivity (Wildman–Crippen MR) is 68.9 cm³/mol. The molecular formula is C13H15N3O3. The molecule has 0 saturated heterocycles. The first-order valence-electron chi connectivity index (χ1n) is 5.76. The van der Waals surface area contributed by atoms with Gasteiger partial charge in [0.05, 0.1) is 11.8 Å². The summed E-state index contributed by atoms with van der Waals surface area (Å²) in [4.78, 5) is 11.9. The molecule has 1 amide bonds. The fourth-order valence-corrected chi connectivity index (χ4v) is 1.70. The zero-order chi connectivity index (χ0) is 14.0. The number of carbonyl (C=O) groups is 1. The van der Waals surface area contributed by atoms with Crippen LogP contribution in [0.5, 0.6) is 11.5 Å². The summed E-state index contributed by atoms with van der Waals surface area (Å²) < 4.78 is 1.72. The van der Waals surface area contributed by atoms with Gasteiger partial charge in [-0.05, 0) is 19.1 Å².